The second-order valence-corrected chi connectivity index (χ2v) is 5.08. The minimum absolute atomic E-state index is 1.16. The predicted molar refractivity (Wildman–Crippen MR) is 46.0 cm³/mol. The SMILES string of the molecule is [SiH3]C1CCCCCCC1. The largest absolute Gasteiger partial charge is 0.0546 e. The average Bonchev–Trinajstić information content (AvgIpc) is 1.79. The highest BCUT2D eigenvalue weighted by atomic mass is 28.1. The molecule has 0 amide bonds. The van der Waals surface area contributed by atoms with Crippen LogP contribution in [0.2, 0.25) is 5.54 Å². The maximum absolute atomic E-state index is 1.55. The van der Waals surface area contributed by atoms with Gasteiger partial charge in [0, 0.05) is 10.2 Å². The molecule has 0 nitrogen and oxygen atoms in total. The molecule has 0 aromatic heterocycles. The standard InChI is InChI=1S/C8H18Si/c9-8-6-4-2-1-3-5-7-8/h8H,1-7H2,9H3. The fraction of sp³-hybridized carbons (Fsp3) is 1.00. The van der Waals surface area contributed by atoms with Gasteiger partial charge >= 0.3 is 0 Å². The molecule has 0 N–H and O–H groups in total. The average molecular weight is 142 g/mol. The van der Waals surface area contributed by atoms with E-state index in [0.717, 1.165) is 5.54 Å². The zero-order valence-corrected chi connectivity index (χ0v) is 8.53. The summed E-state index contributed by atoms with van der Waals surface area (Å²) >= 11 is 0. The Bertz CT molecular complexity index is 63.0. The Morgan fingerprint density at radius 2 is 1.22 bits per heavy atom. The summed E-state index contributed by atoms with van der Waals surface area (Å²) in [4.78, 5) is 0. The summed E-state index contributed by atoms with van der Waals surface area (Å²) < 4.78 is 0. The lowest BCUT2D eigenvalue weighted by atomic mass is 10.0. The third-order valence-corrected chi connectivity index (χ3v) is 3.55. The molecule has 1 heteroatoms. The molecule has 9 heavy (non-hydrogen) atoms. The highest BCUT2D eigenvalue weighted by Crippen LogP contribution is 2.23. The summed E-state index contributed by atoms with van der Waals surface area (Å²) in [6.45, 7) is 0. The summed E-state index contributed by atoms with van der Waals surface area (Å²) in [5.74, 6) is 0. The van der Waals surface area contributed by atoms with E-state index in [1.54, 1.807) is 12.8 Å². The van der Waals surface area contributed by atoms with Crippen molar-refractivity contribution in [2.45, 2.75) is 50.5 Å². The molecule has 1 aliphatic carbocycles. The smallest absolute Gasteiger partial charge is 0.00672 e. The third-order valence-electron chi connectivity index (χ3n) is 2.39. The Morgan fingerprint density at radius 3 is 1.78 bits per heavy atom. The maximum Gasteiger partial charge on any atom is 0.00672 e. The molecule has 0 aromatic carbocycles. The van der Waals surface area contributed by atoms with E-state index in [2.05, 4.69) is 0 Å². The first-order valence-corrected chi connectivity index (χ1v) is 5.55. The van der Waals surface area contributed by atoms with Crippen LogP contribution in [0.1, 0.15) is 44.9 Å². The first kappa shape index (κ1) is 7.33. The van der Waals surface area contributed by atoms with Crippen molar-refractivity contribution in [1.82, 2.24) is 0 Å². The van der Waals surface area contributed by atoms with Gasteiger partial charge in [-0.2, -0.15) is 0 Å². The summed E-state index contributed by atoms with van der Waals surface area (Å²) in [6.07, 6.45) is 10.7. The Balaban J connectivity index is 2.12. The Hall–Kier alpha value is 0.217. The molecular weight excluding hydrogens is 124 g/mol. The zero-order valence-electron chi connectivity index (χ0n) is 6.53. The summed E-state index contributed by atoms with van der Waals surface area (Å²) in [5, 5.41) is 0. The van der Waals surface area contributed by atoms with Crippen LogP contribution in [-0.4, -0.2) is 10.2 Å². The molecule has 0 radical (unpaired) electrons. The van der Waals surface area contributed by atoms with Crippen molar-refractivity contribution in [3.8, 4) is 0 Å². The molecule has 0 heterocycles. The Morgan fingerprint density at radius 1 is 0.778 bits per heavy atom. The summed E-state index contributed by atoms with van der Waals surface area (Å²) in [7, 11) is 1.45. The van der Waals surface area contributed by atoms with E-state index in [1.807, 2.05) is 0 Å². The first-order valence-electron chi connectivity index (χ1n) is 4.39. The lowest BCUT2D eigenvalue weighted by Crippen LogP contribution is -1.96. The van der Waals surface area contributed by atoms with Crippen LogP contribution in [0.5, 0.6) is 0 Å². The number of rotatable bonds is 0. The minimum Gasteiger partial charge on any atom is -0.0546 e. The monoisotopic (exact) mass is 142 g/mol. The molecule has 1 saturated carbocycles. The van der Waals surface area contributed by atoms with Gasteiger partial charge in [0.1, 0.15) is 0 Å². The Kier molecular flexibility index (Phi) is 3.34. The van der Waals surface area contributed by atoms with Crippen LogP contribution in [0.4, 0.5) is 0 Å². The topological polar surface area (TPSA) is 0 Å². The van der Waals surface area contributed by atoms with Crippen LogP contribution in [0.3, 0.4) is 0 Å². The van der Waals surface area contributed by atoms with E-state index < -0.39 is 0 Å². The van der Waals surface area contributed by atoms with Crippen LogP contribution in [0, 0.1) is 0 Å². The highest BCUT2D eigenvalue weighted by molar-refractivity contribution is 6.11. The Labute approximate surface area is 61.5 Å². The van der Waals surface area contributed by atoms with Gasteiger partial charge in [-0.25, -0.2) is 0 Å². The van der Waals surface area contributed by atoms with Gasteiger partial charge in [0.05, 0.1) is 0 Å². The van der Waals surface area contributed by atoms with Gasteiger partial charge in [0.2, 0.25) is 0 Å². The predicted octanol–water partition coefficient (Wildman–Crippen LogP) is 1.88. The van der Waals surface area contributed by atoms with Crippen molar-refractivity contribution in [3.63, 3.8) is 0 Å². The molecule has 1 rings (SSSR count). The van der Waals surface area contributed by atoms with E-state index in [0.29, 0.717) is 0 Å². The molecule has 0 spiro atoms. The van der Waals surface area contributed by atoms with Crippen molar-refractivity contribution in [1.29, 1.82) is 0 Å². The molecule has 0 bridgehead atoms. The van der Waals surface area contributed by atoms with Crippen LogP contribution >= 0.6 is 0 Å². The fourth-order valence-corrected chi connectivity index (χ4v) is 2.48. The van der Waals surface area contributed by atoms with Crippen LogP contribution in [-0.2, 0) is 0 Å². The van der Waals surface area contributed by atoms with Crippen molar-refractivity contribution < 1.29 is 0 Å². The molecule has 1 fully saturated rings. The van der Waals surface area contributed by atoms with Crippen molar-refractivity contribution in [2.75, 3.05) is 0 Å². The van der Waals surface area contributed by atoms with Gasteiger partial charge in [-0.05, 0) is 0 Å². The fourth-order valence-electron chi connectivity index (χ4n) is 1.66. The van der Waals surface area contributed by atoms with Gasteiger partial charge in [-0.1, -0.05) is 50.5 Å². The van der Waals surface area contributed by atoms with Crippen molar-refractivity contribution in [2.24, 2.45) is 0 Å². The summed E-state index contributed by atoms with van der Waals surface area (Å²) in [6, 6.07) is 0. The van der Waals surface area contributed by atoms with E-state index >= 15 is 0 Å². The molecule has 0 atom stereocenters. The molecule has 0 unspecified atom stereocenters. The van der Waals surface area contributed by atoms with Gasteiger partial charge in [0.15, 0.2) is 0 Å². The van der Waals surface area contributed by atoms with Crippen LogP contribution in [0.25, 0.3) is 0 Å². The van der Waals surface area contributed by atoms with Crippen LogP contribution < -0.4 is 0 Å². The summed E-state index contributed by atoms with van der Waals surface area (Å²) in [5.41, 5.74) is 1.16. The molecule has 54 valence electrons. The number of hydrogen-bond donors (Lipinski definition) is 0. The lowest BCUT2D eigenvalue weighted by molar-refractivity contribution is 0.504. The second-order valence-electron chi connectivity index (χ2n) is 3.45. The highest BCUT2D eigenvalue weighted by Gasteiger charge is 2.04. The number of hydrogen-bond acceptors (Lipinski definition) is 0. The zero-order chi connectivity index (χ0) is 6.53. The van der Waals surface area contributed by atoms with Crippen molar-refractivity contribution >= 4 is 10.2 Å². The molecule has 1 aliphatic rings. The van der Waals surface area contributed by atoms with Gasteiger partial charge in [-0.3, -0.25) is 0 Å². The van der Waals surface area contributed by atoms with Gasteiger partial charge in [0.25, 0.3) is 0 Å². The molecule has 0 saturated heterocycles. The van der Waals surface area contributed by atoms with Crippen molar-refractivity contribution in [3.05, 3.63) is 0 Å². The third kappa shape index (κ3) is 3.04. The van der Waals surface area contributed by atoms with Gasteiger partial charge in [-0.15, -0.1) is 0 Å². The first-order chi connectivity index (χ1) is 4.39. The van der Waals surface area contributed by atoms with E-state index in [4.69, 9.17) is 0 Å². The molecule has 0 aromatic rings. The van der Waals surface area contributed by atoms with E-state index in [1.165, 1.54) is 42.3 Å². The molecular formula is C8H18Si. The lowest BCUT2D eigenvalue weighted by Gasteiger charge is -2.13. The quantitative estimate of drug-likeness (QED) is 0.453. The minimum atomic E-state index is 1.16. The maximum atomic E-state index is 1.55. The molecule has 0 aliphatic heterocycles. The van der Waals surface area contributed by atoms with Gasteiger partial charge < -0.3 is 0 Å². The van der Waals surface area contributed by atoms with E-state index in [-0.39, 0.29) is 0 Å². The normalized spacial score (nSPS) is 25.3. The second kappa shape index (κ2) is 4.10. The van der Waals surface area contributed by atoms with E-state index in [9.17, 15) is 0 Å². The van der Waals surface area contributed by atoms with Crippen LogP contribution in [0.15, 0.2) is 0 Å².